The van der Waals surface area contributed by atoms with E-state index in [1.807, 2.05) is 0 Å². The van der Waals surface area contributed by atoms with E-state index in [2.05, 4.69) is 33.9 Å². The molecule has 0 N–H and O–H groups in total. The Balaban J connectivity index is 1.93. The summed E-state index contributed by atoms with van der Waals surface area (Å²) in [5.74, 6) is 1.75. The van der Waals surface area contributed by atoms with Crippen LogP contribution in [0.25, 0.3) is 0 Å². The predicted molar refractivity (Wildman–Crippen MR) is 72.5 cm³/mol. The average molecular weight is 254 g/mol. The lowest BCUT2D eigenvalue weighted by molar-refractivity contribution is -0.118. The van der Waals surface area contributed by atoms with Crippen molar-refractivity contribution < 1.29 is 9.22 Å². The maximum atomic E-state index is 11.4. The van der Waals surface area contributed by atoms with Gasteiger partial charge >= 0.3 is 0 Å². The Bertz CT molecular complexity index is 301. The molecule has 98 valence electrons. The fraction of sp³-hybridized carbons (Fsp3) is 0.929. The topological polar surface area (TPSA) is 26.3 Å². The van der Waals surface area contributed by atoms with Crippen molar-refractivity contribution in [3.8, 4) is 0 Å². The molecule has 0 saturated heterocycles. The van der Waals surface area contributed by atoms with Gasteiger partial charge < -0.3 is 4.43 Å². The van der Waals surface area contributed by atoms with Gasteiger partial charge in [-0.3, -0.25) is 4.79 Å². The van der Waals surface area contributed by atoms with Gasteiger partial charge in [0.25, 0.3) is 0 Å². The second-order valence-electron chi connectivity index (χ2n) is 7.44. The normalized spacial score (nSPS) is 34.2. The van der Waals surface area contributed by atoms with Crippen molar-refractivity contribution >= 4 is 14.1 Å². The van der Waals surface area contributed by atoms with Crippen LogP contribution in [-0.2, 0) is 9.22 Å². The van der Waals surface area contributed by atoms with Crippen molar-refractivity contribution in [3.63, 3.8) is 0 Å². The van der Waals surface area contributed by atoms with Crippen molar-refractivity contribution in [2.75, 3.05) is 0 Å². The van der Waals surface area contributed by atoms with E-state index in [1.165, 1.54) is 0 Å². The molecule has 2 unspecified atom stereocenters. The van der Waals surface area contributed by atoms with Gasteiger partial charge in [0, 0.05) is 18.9 Å². The second-order valence-corrected chi connectivity index (χ2v) is 12.2. The minimum absolute atomic E-state index is 0.292. The number of fused-ring (bicyclic) bond motifs is 1. The number of rotatable bonds is 2. The molecule has 0 aromatic carbocycles. The Kier molecular flexibility index (Phi) is 3.28. The van der Waals surface area contributed by atoms with E-state index in [1.54, 1.807) is 0 Å². The molecular weight excluding hydrogens is 228 g/mol. The largest absolute Gasteiger partial charge is 0.414 e. The molecule has 2 nitrogen and oxygen atoms in total. The van der Waals surface area contributed by atoms with Gasteiger partial charge in [0.05, 0.1) is 0 Å². The summed E-state index contributed by atoms with van der Waals surface area (Å²) in [6.45, 7) is 11.5. The third kappa shape index (κ3) is 2.65. The minimum atomic E-state index is -1.62. The van der Waals surface area contributed by atoms with Crippen molar-refractivity contribution in [1.29, 1.82) is 0 Å². The fourth-order valence-corrected chi connectivity index (χ4v) is 4.39. The van der Waals surface area contributed by atoms with Gasteiger partial charge in [-0.15, -0.1) is 0 Å². The number of hydrogen-bond donors (Lipinski definition) is 0. The fourth-order valence-electron chi connectivity index (χ4n) is 3.01. The maximum Gasteiger partial charge on any atom is 0.192 e. The molecule has 3 heteroatoms. The molecule has 0 amide bonds. The molecule has 2 saturated carbocycles. The lowest BCUT2D eigenvalue weighted by Gasteiger charge is -2.38. The lowest BCUT2D eigenvalue weighted by atomic mass is 10.0. The minimum Gasteiger partial charge on any atom is -0.414 e. The van der Waals surface area contributed by atoms with Crippen LogP contribution in [0.5, 0.6) is 0 Å². The van der Waals surface area contributed by atoms with Crippen LogP contribution in [0.3, 0.4) is 0 Å². The Labute approximate surface area is 106 Å². The highest BCUT2D eigenvalue weighted by atomic mass is 28.4. The van der Waals surface area contributed by atoms with E-state index in [-0.39, 0.29) is 0 Å². The van der Waals surface area contributed by atoms with E-state index in [0.29, 0.717) is 28.8 Å². The van der Waals surface area contributed by atoms with Crippen LogP contribution in [-0.4, -0.2) is 20.2 Å². The first-order chi connectivity index (χ1) is 7.69. The SMILES string of the molecule is CC(C)(C)[Si](C)(C)OC1CC2CC(=O)CC2C1. The molecule has 0 radical (unpaired) electrons. The first-order valence-electron chi connectivity index (χ1n) is 6.88. The summed E-state index contributed by atoms with van der Waals surface area (Å²) in [5, 5.41) is 0.292. The molecule has 0 heterocycles. The Morgan fingerprint density at radius 3 is 2.00 bits per heavy atom. The summed E-state index contributed by atoms with van der Waals surface area (Å²) in [4.78, 5) is 11.4. The summed E-state index contributed by atoms with van der Waals surface area (Å²) >= 11 is 0. The summed E-state index contributed by atoms with van der Waals surface area (Å²) in [7, 11) is -1.62. The van der Waals surface area contributed by atoms with Crippen LogP contribution in [0.4, 0.5) is 0 Å². The van der Waals surface area contributed by atoms with Crippen molar-refractivity contribution in [2.45, 2.75) is 70.7 Å². The van der Waals surface area contributed by atoms with Gasteiger partial charge in [-0.05, 0) is 42.8 Å². The van der Waals surface area contributed by atoms with Gasteiger partial charge in [-0.2, -0.15) is 0 Å². The zero-order chi connectivity index (χ0) is 12.8. The molecule has 0 bridgehead atoms. The first kappa shape index (κ1) is 13.3. The highest BCUT2D eigenvalue weighted by molar-refractivity contribution is 6.74. The van der Waals surface area contributed by atoms with E-state index in [0.717, 1.165) is 25.7 Å². The third-order valence-electron chi connectivity index (χ3n) is 5.05. The van der Waals surface area contributed by atoms with Crippen molar-refractivity contribution in [1.82, 2.24) is 0 Å². The first-order valence-corrected chi connectivity index (χ1v) is 9.79. The molecule has 2 aliphatic carbocycles. The van der Waals surface area contributed by atoms with Crippen LogP contribution in [0, 0.1) is 11.8 Å². The van der Waals surface area contributed by atoms with E-state index in [9.17, 15) is 4.79 Å². The van der Waals surface area contributed by atoms with Gasteiger partial charge in [0.2, 0.25) is 0 Å². The summed E-state index contributed by atoms with van der Waals surface area (Å²) in [6, 6.07) is 0. The van der Waals surface area contributed by atoms with Crippen LogP contribution in [0.2, 0.25) is 18.1 Å². The molecule has 17 heavy (non-hydrogen) atoms. The van der Waals surface area contributed by atoms with Crippen molar-refractivity contribution in [2.24, 2.45) is 11.8 Å². The quantitative estimate of drug-likeness (QED) is 0.701. The molecule has 2 rings (SSSR count). The smallest absolute Gasteiger partial charge is 0.192 e. The summed E-state index contributed by atoms with van der Waals surface area (Å²) in [6.07, 6.45) is 4.33. The molecule has 0 aliphatic heterocycles. The summed E-state index contributed by atoms with van der Waals surface area (Å²) < 4.78 is 6.46. The number of carbonyl (C=O) groups excluding carboxylic acids is 1. The van der Waals surface area contributed by atoms with Gasteiger partial charge in [-0.25, -0.2) is 0 Å². The van der Waals surface area contributed by atoms with Gasteiger partial charge in [-0.1, -0.05) is 20.8 Å². The Hall–Kier alpha value is -0.153. The molecule has 2 fully saturated rings. The predicted octanol–water partition coefficient (Wildman–Crippen LogP) is 3.77. The van der Waals surface area contributed by atoms with Crippen LogP contribution < -0.4 is 0 Å². The number of carbonyl (C=O) groups is 1. The van der Waals surface area contributed by atoms with E-state index in [4.69, 9.17) is 4.43 Å². The van der Waals surface area contributed by atoms with Gasteiger partial charge in [0.15, 0.2) is 8.32 Å². The zero-order valence-corrected chi connectivity index (χ0v) is 12.9. The van der Waals surface area contributed by atoms with Crippen LogP contribution >= 0.6 is 0 Å². The standard InChI is InChI=1S/C14H26O2Si/c1-14(2,3)17(4,5)16-13-8-10-6-12(15)7-11(10)9-13/h10-11,13H,6-9H2,1-5H3. The molecule has 0 spiro atoms. The molecule has 0 aromatic heterocycles. The van der Waals surface area contributed by atoms with Crippen LogP contribution in [0.1, 0.15) is 46.5 Å². The van der Waals surface area contributed by atoms with E-state index < -0.39 is 8.32 Å². The molecule has 2 aliphatic rings. The van der Waals surface area contributed by atoms with Crippen molar-refractivity contribution in [3.05, 3.63) is 0 Å². The lowest BCUT2D eigenvalue weighted by Crippen LogP contribution is -2.43. The average Bonchev–Trinajstić information content (AvgIpc) is 2.57. The highest BCUT2D eigenvalue weighted by Crippen LogP contribution is 2.46. The maximum absolute atomic E-state index is 11.4. The number of hydrogen-bond acceptors (Lipinski definition) is 2. The molecular formula is C14H26O2Si. The van der Waals surface area contributed by atoms with Crippen LogP contribution in [0.15, 0.2) is 0 Å². The highest BCUT2D eigenvalue weighted by Gasteiger charge is 2.45. The monoisotopic (exact) mass is 254 g/mol. The molecule has 2 atom stereocenters. The number of Topliss-reactive ketones (excluding diaryl/α,β-unsaturated/α-hetero) is 1. The second kappa shape index (κ2) is 4.20. The zero-order valence-electron chi connectivity index (χ0n) is 11.9. The van der Waals surface area contributed by atoms with Gasteiger partial charge in [0.1, 0.15) is 5.78 Å². The Morgan fingerprint density at radius 1 is 1.12 bits per heavy atom. The third-order valence-corrected chi connectivity index (χ3v) is 9.58. The summed E-state index contributed by atoms with van der Waals surface area (Å²) in [5.41, 5.74) is 0. The number of ketones is 1. The van der Waals surface area contributed by atoms with E-state index >= 15 is 0 Å². The Morgan fingerprint density at radius 2 is 1.59 bits per heavy atom. The molecule has 0 aromatic rings.